The average molecular weight is 294 g/mol. The Balaban J connectivity index is 2.80. The first-order valence-electron chi connectivity index (χ1n) is 4.16. The third kappa shape index (κ3) is 3.37. The lowest BCUT2D eigenvalue weighted by molar-refractivity contribution is -0.119. The number of carbonyl (C=O) groups is 1. The predicted octanol–water partition coefficient (Wildman–Crippen LogP) is 1.36. The zero-order valence-corrected chi connectivity index (χ0v) is 10.0. The second-order valence-electron chi connectivity index (χ2n) is 2.91. The molecule has 1 unspecified atom stereocenters. The number of halogens is 2. The van der Waals surface area contributed by atoms with Crippen LogP contribution in [-0.4, -0.2) is 23.7 Å². The second-order valence-corrected chi connectivity index (χ2v) is 4.17. The van der Waals surface area contributed by atoms with Gasteiger partial charge in [0.15, 0.2) is 0 Å². The van der Waals surface area contributed by atoms with Crippen molar-refractivity contribution in [2.24, 2.45) is 5.73 Å². The van der Waals surface area contributed by atoms with E-state index in [1.807, 2.05) is 0 Å². The molecule has 15 heavy (non-hydrogen) atoms. The molecule has 0 aromatic heterocycles. The molecule has 0 aliphatic rings. The minimum atomic E-state index is -0.793. The first-order valence-corrected chi connectivity index (χ1v) is 5.33. The summed E-state index contributed by atoms with van der Waals surface area (Å²) in [4.78, 5) is 10.8. The molecule has 0 aliphatic heterocycles. The van der Waals surface area contributed by atoms with Gasteiger partial charge in [-0.3, -0.25) is 4.79 Å². The van der Waals surface area contributed by atoms with E-state index in [1.54, 1.807) is 18.2 Å². The topological polar surface area (TPSA) is 75.4 Å². The number of primary amides is 1. The lowest BCUT2D eigenvalue weighted by atomic mass is 10.2. The third-order valence-corrected chi connectivity index (χ3v) is 3.00. The fraction of sp³-hybridized carbons (Fsp3) is 0.222. The minimum absolute atomic E-state index is 0.352. The summed E-state index contributed by atoms with van der Waals surface area (Å²) in [5, 5.41) is 12.2. The zero-order valence-electron chi connectivity index (χ0n) is 7.71. The number of nitrogens with two attached hydrogens (primary N) is 1. The van der Waals surface area contributed by atoms with E-state index in [0.29, 0.717) is 15.2 Å². The van der Waals surface area contributed by atoms with Crippen LogP contribution < -0.4 is 11.1 Å². The number of hydrogen-bond acceptors (Lipinski definition) is 3. The van der Waals surface area contributed by atoms with Gasteiger partial charge in [-0.15, -0.1) is 0 Å². The predicted molar refractivity (Wildman–Crippen MR) is 62.8 cm³/mol. The lowest BCUT2D eigenvalue weighted by Gasteiger charge is -2.14. The average Bonchev–Trinajstić information content (AvgIpc) is 2.19. The lowest BCUT2D eigenvalue weighted by Crippen LogP contribution is -2.38. The van der Waals surface area contributed by atoms with Crippen molar-refractivity contribution in [1.82, 2.24) is 0 Å². The van der Waals surface area contributed by atoms with Crippen molar-refractivity contribution < 1.29 is 9.90 Å². The molecule has 1 aromatic rings. The van der Waals surface area contributed by atoms with Crippen molar-refractivity contribution in [1.29, 1.82) is 0 Å². The monoisotopic (exact) mass is 292 g/mol. The highest BCUT2D eigenvalue weighted by molar-refractivity contribution is 9.10. The maximum absolute atomic E-state index is 10.8. The van der Waals surface area contributed by atoms with Crippen molar-refractivity contribution in [3.8, 4) is 0 Å². The summed E-state index contributed by atoms with van der Waals surface area (Å²) in [5.41, 5.74) is 5.72. The van der Waals surface area contributed by atoms with Crippen molar-refractivity contribution in [2.45, 2.75) is 6.04 Å². The van der Waals surface area contributed by atoms with Crippen LogP contribution in [0.3, 0.4) is 0 Å². The van der Waals surface area contributed by atoms with Gasteiger partial charge in [0.25, 0.3) is 0 Å². The number of benzene rings is 1. The van der Waals surface area contributed by atoms with Crippen LogP contribution in [0.1, 0.15) is 0 Å². The van der Waals surface area contributed by atoms with Crippen LogP contribution in [-0.2, 0) is 4.79 Å². The Morgan fingerprint density at radius 3 is 2.80 bits per heavy atom. The molecule has 4 nitrogen and oxygen atoms in total. The number of rotatable bonds is 4. The Morgan fingerprint density at radius 2 is 2.33 bits per heavy atom. The van der Waals surface area contributed by atoms with Crippen LogP contribution in [0.4, 0.5) is 5.69 Å². The van der Waals surface area contributed by atoms with Gasteiger partial charge in [0.2, 0.25) is 5.91 Å². The van der Waals surface area contributed by atoms with Gasteiger partial charge in [0.1, 0.15) is 6.04 Å². The standard InChI is InChI=1S/C9H10BrClN2O2/c10-6-3-5(1-2-7(6)11)13-8(4-14)9(12)15/h1-3,8,13-14H,4H2,(H2,12,15). The summed E-state index contributed by atoms with van der Waals surface area (Å²) >= 11 is 9.04. The van der Waals surface area contributed by atoms with Gasteiger partial charge in [-0.25, -0.2) is 0 Å². The van der Waals surface area contributed by atoms with Crippen LogP contribution in [0.5, 0.6) is 0 Å². The fourth-order valence-corrected chi connectivity index (χ4v) is 1.49. The summed E-state index contributed by atoms with van der Waals surface area (Å²) in [7, 11) is 0. The molecule has 1 amide bonds. The summed E-state index contributed by atoms with van der Waals surface area (Å²) in [6.45, 7) is -0.352. The number of amides is 1. The van der Waals surface area contributed by atoms with Crippen LogP contribution in [0.25, 0.3) is 0 Å². The van der Waals surface area contributed by atoms with Crippen LogP contribution >= 0.6 is 27.5 Å². The highest BCUT2D eigenvalue weighted by Gasteiger charge is 2.13. The number of hydrogen-bond donors (Lipinski definition) is 3. The van der Waals surface area contributed by atoms with E-state index in [9.17, 15) is 4.79 Å². The van der Waals surface area contributed by atoms with E-state index < -0.39 is 11.9 Å². The van der Waals surface area contributed by atoms with E-state index in [-0.39, 0.29) is 6.61 Å². The van der Waals surface area contributed by atoms with Crippen molar-refractivity contribution in [3.05, 3.63) is 27.7 Å². The van der Waals surface area contributed by atoms with Crippen LogP contribution in [0.2, 0.25) is 5.02 Å². The van der Waals surface area contributed by atoms with Gasteiger partial charge in [0.05, 0.1) is 11.6 Å². The van der Waals surface area contributed by atoms with E-state index in [0.717, 1.165) is 0 Å². The Hall–Kier alpha value is -0.780. The first-order chi connectivity index (χ1) is 7.04. The van der Waals surface area contributed by atoms with Crippen molar-refractivity contribution in [3.63, 3.8) is 0 Å². The maximum atomic E-state index is 10.8. The number of aliphatic hydroxyl groups is 1. The van der Waals surface area contributed by atoms with E-state index >= 15 is 0 Å². The normalized spacial score (nSPS) is 12.2. The van der Waals surface area contributed by atoms with Crippen LogP contribution in [0, 0.1) is 0 Å². The summed E-state index contributed by atoms with van der Waals surface area (Å²) < 4.78 is 0.704. The molecule has 1 rings (SSSR count). The summed E-state index contributed by atoms with van der Waals surface area (Å²) in [6, 6.07) is 4.27. The van der Waals surface area contributed by atoms with Gasteiger partial charge < -0.3 is 16.2 Å². The van der Waals surface area contributed by atoms with E-state index in [2.05, 4.69) is 21.2 Å². The molecule has 1 atom stereocenters. The summed E-state index contributed by atoms with van der Waals surface area (Å²) in [6.07, 6.45) is 0. The molecule has 1 aromatic carbocycles. The fourth-order valence-electron chi connectivity index (χ4n) is 0.994. The van der Waals surface area contributed by atoms with Crippen LogP contribution in [0.15, 0.2) is 22.7 Å². The third-order valence-electron chi connectivity index (χ3n) is 1.79. The molecule has 82 valence electrons. The Bertz CT molecular complexity index is 373. The molecule has 0 fully saturated rings. The maximum Gasteiger partial charge on any atom is 0.242 e. The van der Waals surface area contributed by atoms with E-state index in [4.69, 9.17) is 22.4 Å². The molecular weight excluding hydrogens is 283 g/mol. The zero-order chi connectivity index (χ0) is 11.4. The highest BCUT2D eigenvalue weighted by Crippen LogP contribution is 2.25. The molecule has 0 radical (unpaired) electrons. The Labute approximate surface area is 101 Å². The SMILES string of the molecule is NC(=O)C(CO)Nc1ccc(Cl)c(Br)c1. The molecule has 6 heteroatoms. The van der Waals surface area contributed by atoms with Gasteiger partial charge in [0, 0.05) is 10.2 Å². The molecule has 0 saturated heterocycles. The van der Waals surface area contributed by atoms with E-state index in [1.165, 1.54) is 0 Å². The molecular formula is C9H10BrClN2O2. The molecule has 4 N–H and O–H groups in total. The number of nitrogens with one attached hydrogen (secondary N) is 1. The number of carbonyl (C=O) groups excluding carboxylic acids is 1. The van der Waals surface area contributed by atoms with Gasteiger partial charge >= 0.3 is 0 Å². The van der Waals surface area contributed by atoms with Gasteiger partial charge in [-0.05, 0) is 34.1 Å². The van der Waals surface area contributed by atoms with Gasteiger partial charge in [-0.1, -0.05) is 11.6 Å². The molecule has 0 aliphatic carbocycles. The minimum Gasteiger partial charge on any atom is -0.394 e. The highest BCUT2D eigenvalue weighted by atomic mass is 79.9. The number of aliphatic hydroxyl groups excluding tert-OH is 1. The first kappa shape index (κ1) is 12.3. The van der Waals surface area contributed by atoms with Crippen molar-refractivity contribution >= 4 is 39.1 Å². The molecule has 0 heterocycles. The Morgan fingerprint density at radius 1 is 1.67 bits per heavy atom. The van der Waals surface area contributed by atoms with Crippen molar-refractivity contribution in [2.75, 3.05) is 11.9 Å². The smallest absolute Gasteiger partial charge is 0.242 e. The van der Waals surface area contributed by atoms with Gasteiger partial charge in [-0.2, -0.15) is 0 Å². The second kappa shape index (κ2) is 5.34. The largest absolute Gasteiger partial charge is 0.394 e. The molecule has 0 bridgehead atoms. The molecule has 0 spiro atoms. The molecule has 0 saturated carbocycles. The Kier molecular flexibility index (Phi) is 4.38. The quantitative estimate of drug-likeness (QED) is 0.784. The number of anilines is 1. The summed E-state index contributed by atoms with van der Waals surface area (Å²) in [5.74, 6) is -0.608.